The number of fused-ring (bicyclic) bond motifs is 1. The highest BCUT2D eigenvalue weighted by Crippen LogP contribution is 2.10. The maximum absolute atomic E-state index is 5.34. The molecule has 1 heterocycles. The number of nitrogens with one attached hydrogen (secondary N) is 1. The molecule has 3 N–H and O–H groups in total. The molecule has 2 aromatic rings. The van der Waals surface area contributed by atoms with Gasteiger partial charge in [-0.2, -0.15) is 0 Å². The van der Waals surface area contributed by atoms with Crippen LogP contribution in [0.4, 0.5) is 0 Å². The first-order valence-corrected chi connectivity index (χ1v) is 4.59. The lowest BCUT2D eigenvalue weighted by Gasteiger charge is -1.83. The summed E-state index contributed by atoms with van der Waals surface area (Å²) in [6.07, 6.45) is 3.41. The molecule has 70 valence electrons. The van der Waals surface area contributed by atoms with Gasteiger partial charge in [0.1, 0.15) is 5.82 Å². The Hall–Kier alpha value is -1.68. The second-order valence-corrected chi connectivity index (χ2v) is 3.35. The minimum atomic E-state index is 0.352. The minimum absolute atomic E-state index is 0.352. The van der Waals surface area contributed by atoms with Crippen molar-refractivity contribution in [2.75, 3.05) is 0 Å². The van der Waals surface area contributed by atoms with E-state index < -0.39 is 0 Å². The normalized spacial score (nSPS) is 11.1. The van der Waals surface area contributed by atoms with E-state index in [0.717, 1.165) is 16.9 Å². The average Bonchev–Trinajstić information content (AvgIpc) is 2.57. The van der Waals surface area contributed by atoms with Crippen LogP contribution in [-0.2, 0) is 0 Å². The second kappa shape index (κ2) is 3.59. The van der Waals surface area contributed by atoms with Crippen LogP contribution in [-0.4, -0.2) is 15.0 Å². The van der Waals surface area contributed by atoms with Gasteiger partial charge in [0.15, 0.2) is 0 Å². The van der Waals surface area contributed by atoms with Crippen LogP contribution >= 0.6 is 12.2 Å². The maximum Gasteiger partial charge on any atom is 0.131 e. The minimum Gasteiger partial charge on any atom is -0.390 e. The summed E-state index contributed by atoms with van der Waals surface area (Å²) in [4.78, 5) is 7.82. The number of rotatable bonds is 2. The summed E-state index contributed by atoms with van der Waals surface area (Å²) in [6, 6.07) is 7.83. The fourth-order valence-electron chi connectivity index (χ4n) is 1.21. The third kappa shape index (κ3) is 1.80. The van der Waals surface area contributed by atoms with Crippen molar-refractivity contribution >= 4 is 34.3 Å². The lowest BCUT2D eigenvalue weighted by molar-refractivity contribution is 1.29. The Bertz CT molecular complexity index is 466. The van der Waals surface area contributed by atoms with Crippen molar-refractivity contribution in [3.63, 3.8) is 0 Å². The van der Waals surface area contributed by atoms with Gasteiger partial charge in [0.05, 0.1) is 16.0 Å². The van der Waals surface area contributed by atoms with Gasteiger partial charge in [0.25, 0.3) is 0 Å². The van der Waals surface area contributed by atoms with Crippen LogP contribution in [0.1, 0.15) is 5.82 Å². The lowest BCUT2D eigenvalue weighted by atomic mass is 10.3. The highest BCUT2D eigenvalue weighted by molar-refractivity contribution is 7.80. The molecule has 1 aromatic heterocycles. The fourth-order valence-corrected chi connectivity index (χ4v) is 1.28. The maximum atomic E-state index is 5.34. The second-order valence-electron chi connectivity index (χ2n) is 2.87. The van der Waals surface area contributed by atoms with Gasteiger partial charge in [-0.3, -0.25) is 0 Å². The highest BCUT2D eigenvalue weighted by atomic mass is 32.1. The molecule has 0 amide bonds. The molecule has 4 heteroatoms. The zero-order valence-electron chi connectivity index (χ0n) is 7.40. The van der Waals surface area contributed by atoms with Crippen molar-refractivity contribution in [3.05, 3.63) is 36.2 Å². The molecule has 0 spiro atoms. The topological polar surface area (TPSA) is 54.7 Å². The number of hydrogen-bond acceptors (Lipinski definition) is 2. The number of hydrogen-bond donors (Lipinski definition) is 2. The van der Waals surface area contributed by atoms with Gasteiger partial charge in [-0.15, -0.1) is 0 Å². The summed E-state index contributed by atoms with van der Waals surface area (Å²) < 4.78 is 0. The third-order valence-corrected chi connectivity index (χ3v) is 1.95. The predicted molar refractivity (Wildman–Crippen MR) is 61.9 cm³/mol. The zero-order chi connectivity index (χ0) is 9.97. The number of nitrogens with zero attached hydrogens (tertiary/aromatic N) is 1. The number of para-hydroxylation sites is 2. The van der Waals surface area contributed by atoms with Crippen molar-refractivity contribution in [1.29, 1.82) is 0 Å². The van der Waals surface area contributed by atoms with E-state index in [1.54, 1.807) is 12.2 Å². The Morgan fingerprint density at radius 3 is 2.93 bits per heavy atom. The van der Waals surface area contributed by atoms with Crippen LogP contribution in [0.3, 0.4) is 0 Å². The van der Waals surface area contributed by atoms with Crippen molar-refractivity contribution in [2.45, 2.75) is 0 Å². The van der Waals surface area contributed by atoms with E-state index in [9.17, 15) is 0 Å². The molecule has 0 bridgehead atoms. The molecule has 0 aliphatic carbocycles. The van der Waals surface area contributed by atoms with E-state index in [-0.39, 0.29) is 0 Å². The zero-order valence-corrected chi connectivity index (χ0v) is 8.21. The number of imidazole rings is 1. The van der Waals surface area contributed by atoms with Crippen LogP contribution < -0.4 is 5.73 Å². The molecule has 0 atom stereocenters. The Morgan fingerprint density at radius 1 is 1.43 bits per heavy atom. The van der Waals surface area contributed by atoms with Crippen LogP contribution in [0.15, 0.2) is 30.3 Å². The third-order valence-electron chi connectivity index (χ3n) is 1.81. The number of nitrogens with two attached hydrogens (primary N) is 1. The molecule has 2 rings (SSSR count). The molecule has 0 saturated heterocycles. The molecule has 1 aromatic carbocycles. The summed E-state index contributed by atoms with van der Waals surface area (Å²) in [7, 11) is 0. The molecule has 0 aliphatic rings. The Kier molecular flexibility index (Phi) is 2.28. The largest absolute Gasteiger partial charge is 0.390 e. The lowest BCUT2D eigenvalue weighted by Crippen LogP contribution is -2.01. The number of thiocarbonyl (C=S) groups is 1. The predicted octanol–water partition coefficient (Wildman–Crippen LogP) is 1.86. The van der Waals surface area contributed by atoms with Gasteiger partial charge in [-0.1, -0.05) is 24.4 Å². The van der Waals surface area contributed by atoms with E-state index in [1.807, 2.05) is 24.3 Å². The van der Waals surface area contributed by atoms with Crippen LogP contribution in [0.2, 0.25) is 0 Å². The first-order chi connectivity index (χ1) is 6.75. The number of aromatic amines is 1. The Balaban J connectivity index is 2.40. The smallest absolute Gasteiger partial charge is 0.131 e. The summed E-state index contributed by atoms with van der Waals surface area (Å²) >= 11 is 4.72. The van der Waals surface area contributed by atoms with Crippen molar-refractivity contribution < 1.29 is 0 Å². The number of benzene rings is 1. The van der Waals surface area contributed by atoms with Crippen molar-refractivity contribution in [1.82, 2.24) is 9.97 Å². The number of aromatic nitrogens is 2. The molecule has 0 fully saturated rings. The van der Waals surface area contributed by atoms with Gasteiger partial charge >= 0.3 is 0 Å². The molecule has 14 heavy (non-hydrogen) atoms. The molecule has 0 unspecified atom stereocenters. The van der Waals surface area contributed by atoms with E-state index in [4.69, 9.17) is 18.0 Å². The standard InChI is InChI=1S/C10H9N3S/c11-9(14)5-6-10-12-7-3-1-2-4-8(7)13-10/h1-6H,(H2,11,14)(H,12,13)/b6-5+. The van der Waals surface area contributed by atoms with Crippen LogP contribution in [0, 0.1) is 0 Å². The fraction of sp³-hybridized carbons (Fsp3) is 0. The summed E-state index contributed by atoms with van der Waals surface area (Å²) in [5.41, 5.74) is 7.29. The number of H-pyrrole nitrogens is 1. The Labute approximate surface area is 86.6 Å². The molecular formula is C10H9N3S. The van der Waals surface area contributed by atoms with Gasteiger partial charge in [0.2, 0.25) is 0 Å². The molecular weight excluding hydrogens is 194 g/mol. The summed E-state index contributed by atoms with van der Waals surface area (Å²) in [6.45, 7) is 0. The van der Waals surface area contributed by atoms with Crippen LogP contribution in [0.25, 0.3) is 17.1 Å². The summed E-state index contributed by atoms with van der Waals surface area (Å²) in [5, 5.41) is 0. The van der Waals surface area contributed by atoms with E-state index in [0.29, 0.717) is 4.99 Å². The summed E-state index contributed by atoms with van der Waals surface area (Å²) in [5.74, 6) is 0.763. The molecule has 3 nitrogen and oxygen atoms in total. The average molecular weight is 203 g/mol. The molecule has 0 radical (unpaired) electrons. The molecule has 0 aliphatic heterocycles. The van der Waals surface area contributed by atoms with E-state index >= 15 is 0 Å². The quantitative estimate of drug-likeness (QED) is 0.578. The van der Waals surface area contributed by atoms with E-state index in [1.165, 1.54) is 0 Å². The Morgan fingerprint density at radius 2 is 2.21 bits per heavy atom. The highest BCUT2D eigenvalue weighted by Gasteiger charge is 1.97. The van der Waals surface area contributed by atoms with Gasteiger partial charge in [-0.05, 0) is 24.3 Å². The van der Waals surface area contributed by atoms with Gasteiger partial charge in [0, 0.05) is 0 Å². The van der Waals surface area contributed by atoms with Crippen molar-refractivity contribution in [3.8, 4) is 0 Å². The van der Waals surface area contributed by atoms with Gasteiger partial charge in [-0.25, -0.2) is 4.98 Å². The first-order valence-electron chi connectivity index (χ1n) is 4.18. The van der Waals surface area contributed by atoms with Gasteiger partial charge < -0.3 is 10.7 Å². The van der Waals surface area contributed by atoms with Crippen molar-refractivity contribution in [2.24, 2.45) is 5.73 Å². The monoisotopic (exact) mass is 203 g/mol. The molecule has 0 saturated carbocycles. The first kappa shape index (κ1) is 8.90. The SMILES string of the molecule is NC(=S)/C=C/c1nc2ccccc2[nH]1. The van der Waals surface area contributed by atoms with E-state index in [2.05, 4.69) is 9.97 Å². The van der Waals surface area contributed by atoms with Crippen LogP contribution in [0.5, 0.6) is 0 Å².